The number of rotatable bonds is 10. The number of ether oxygens (including phenoxy) is 4. The summed E-state index contributed by atoms with van der Waals surface area (Å²) >= 11 is 0. The molecule has 0 saturated heterocycles. The minimum absolute atomic E-state index is 0.312. The summed E-state index contributed by atoms with van der Waals surface area (Å²) in [5.74, 6) is -0.881. The average Bonchev–Trinajstić information content (AvgIpc) is 2.61. The van der Waals surface area contributed by atoms with Crippen molar-refractivity contribution in [2.45, 2.75) is 12.5 Å². The number of allylic oxidation sites excluding steroid dienone is 1. The number of carbonyl (C=O) groups excluding carboxylic acids is 2. The van der Waals surface area contributed by atoms with Crippen LogP contribution < -0.4 is 10.6 Å². The maximum Gasteiger partial charge on any atom is 0.335 e. The summed E-state index contributed by atoms with van der Waals surface area (Å²) in [5, 5.41) is 6.30. The van der Waals surface area contributed by atoms with Crippen molar-refractivity contribution in [3.63, 3.8) is 0 Å². The van der Waals surface area contributed by atoms with E-state index in [1.807, 2.05) is 0 Å². The van der Waals surface area contributed by atoms with Gasteiger partial charge in [0.25, 0.3) is 0 Å². The van der Waals surface area contributed by atoms with Crippen LogP contribution in [0.1, 0.15) is 6.42 Å². The highest BCUT2D eigenvalue weighted by Crippen LogP contribution is 2.25. The monoisotopic (exact) mass is 342 g/mol. The minimum atomic E-state index is -0.445. The fourth-order valence-electron chi connectivity index (χ4n) is 2.37. The summed E-state index contributed by atoms with van der Waals surface area (Å²) in [5.41, 5.74) is 1.46. The van der Waals surface area contributed by atoms with Gasteiger partial charge in [-0.15, -0.1) is 0 Å². The number of esters is 2. The van der Waals surface area contributed by atoms with Gasteiger partial charge in [-0.3, -0.25) is 0 Å². The second-order valence-corrected chi connectivity index (χ2v) is 5.10. The van der Waals surface area contributed by atoms with Crippen molar-refractivity contribution < 1.29 is 28.5 Å². The molecule has 0 radical (unpaired) electrons. The molecule has 1 atom stereocenters. The summed E-state index contributed by atoms with van der Waals surface area (Å²) < 4.78 is 19.7. The van der Waals surface area contributed by atoms with E-state index in [2.05, 4.69) is 10.6 Å². The van der Waals surface area contributed by atoms with Crippen LogP contribution in [0.3, 0.4) is 0 Å². The molecule has 8 heteroatoms. The molecule has 0 saturated carbocycles. The summed E-state index contributed by atoms with van der Waals surface area (Å²) in [6, 6.07) is -0.352. The van der Waals surface area contributed by atoms with Crippen LogP contribution in [0.15, 0.2) is 22.9 Å². The van der Waals surface area contributed by atoms with E-state index in [0.29, 0.717) is 49.6 Å². The highest BCUT2D eigenvalue weighted by Gasteiger charge is 2.31. The highest BCUT2D eigenvalue weighted by molar-refractivity contribution is 5.95. The van der Waals surface area contributed by atoms with Crippen LogP contribution in [-0.2, 0) is 28.5 Å². The van der Waals surface area contributed by atoms with Gasteiger partial charge in [-0.05, 0) is 6.08 Å². The number of carbonyl (C=O) groups is 2. The molecule has 0 amide bonds. The van der Waals surface area contributed by atoms with Gasteiger partial charge in [0.1, 0.15) is 0 Å². The lowest BCUT2D eigenvalue weighted by atomic mass is 9.90. The van der Waals surface area contributed by atoms with E-state index in [1.165, 1.54) is 14.2 Å². The van der Waals surface area contributed by atoms with Crippen LogP contribution in [0.2, 0.25) is 0 Å². The highest BCUT2D eigenvalue weighted by atomic mass is 16.5. The Kier molecular flexibility index (Phi) is 9.06. The zero-order valence-electron chi connectivity index (χ0n) is 14.6. The SMILES string of the molecule is COCCNC1=C(C(=O)OC)CC(NCCOC)C(C(=O)OC)=C1. The van der Waals surface area contributed by atoms with Crippen LogP contribution in [0, 0.1) is 0 Å². The molecule has 2 N–H and O–H groups in total. The molecule has 0 aliphatic heterocycles. The molecule has 0 bridgehead atoms. The van der Waals surface area contributed by atoms with Gasteiger partial charge in [0.05, 0.1) is 38.6 Å². The van der Waals surface area contributed by atoms with E-state index in [4.69, 9.17) is 18.9 Å². The van der Waals surface area contributed by atoms with Crippen LogP contribution >= 0.6 is 0 Å². The van der Waals surface area contributed by atoms with E-state index in [9.17, 15) is 9.59 Å². The molecule has 8 nitrogen and oxygen atoms in total. The van der Waals surface area contributed by atoms with Crippen molar-refractivity contribution in [1.82, 2.24) is 10.6 Å². The Morgan fingerprint density at radius 1 is 1.04 bits per heavy atom. The Morgan fingerprint density at radius 3 is 2.25 bits per heavy atom. The van der Waals surface area contributed by atoms with Gasteiger partial charge in [0, 0.05) is 45.5 Å². The van der Waals surface area contributed by atoms with Crippen molar-refractivity contribution in [3.05, 3.63) is 22.9 Å². The standard InChI is InChI=1S/C16H26N2O6/c1-21-7-5-17-13-9-12(16(20)24-4)14(18-6-8-22-2)10-11(13)15(19)23-3/h9,14,17-18H,5-8,10H2,1-4H3. The Balaban J connectivity index is 3.06. The molecule has 1 unspecified atom stereocenters. The summed E-state index contributed by atoms with van der Waals surface area (Å²) in [7, 11) is 5.84. The molecule has 1 aliphatic carbocycles. The van der Waals surface area contributed by atoms with Crippen molar-refractivity contribution in [2.24, 2.45) is 0 Å². The maximum absolute atomic E-state index is 12.1. The molecule has 0 fully saturated rings. The van der Waals surface area contributed by atoms with E-state index in [0.717, 1.165) is 0 Å². The van der Waals surface area contributed by atoms with E-state index < -0.39 is 11.9 Å². The molecular weight excluding hydrogens is 316 g/mol. The predicted molar refractivity (Wildman–Crippen MR) is 87.3 cm³/mol. The van der Waals surface area contributed by atoms with E-state index >= 15 is 0 Å². The first kappa shape index (κ1) is 20.1. The summed E-state index contributed by atoms with van der Waals surface area (Å²) in [6.45, 7) is 1.99. The lowest BCUT2D eigenvalue weighted by Gasteiger charge is -2.27. The van der Waals surface area contributed by atoms with E-state index in [-0.39, 0.29) is 6.04 Å². The minimum Gasteiger partial charge on any atom is -0.466 e. The smallest absolute Gasteiger partial charge is 0.335 e. The van der Waals surface area contributed by atoms with Gasteiger partial charge in [-0.1, -0.05) is 0 Å². The molecule has 0 aromatic rings. The van der Waals surface area contributed by atoms with Crippen molar-refractivity contribution in [2.75, 3.05) is 54.7 Å². The first-order valence-corrected chi connectivity index (χ1v) is 7.65. The van der Waals surface area contributed by atoms with Gasteiger partial charge in [0.15, 0.2) is 0 Å². The second kappa shape index (κ2) is 10.8. The first-order chi connectivity index (χ1) is 11.6. The van der Waals surface area contributed by atoms with Gasteiger partial charge >= 0.3 is 11.9 Å². The predicted octanol–water partition coefficient (Wildman–Crippen LogP) is -0.243. The number of hydrogen-bond donors (Lipinski definition) is 2. The molecule has 136 valence electrons. The van der Waals surface area contributed by atoms with Crippen molar-refractivity contribution in [3.8, 4) is 0 Å². The van der Waals surface area contributed by atoms with Crippen LogP contribution in [0.25, 0.3) is 0 Å². The van der Waals surface area contributed by atoms with Crippen LogP contribution in [-0.4, -0.2) is 72.7 Å². The van der Waals surface area contributed by atoms with Gasteiger partial charge in [0.2, 0.25) is 0 Å². The van der Waals surface area contributed by atoms with Gasteiger partial charge in [-0.2, -0.15) is 0 Å². The largest absolute Gasteiger partial charge is 0.466 e. The zero-order chi connectivity index (χ0) is 17.9. The third-order valence-electron chi connectivity index (χ3n) is 3.58. The van der Waals surface area contributed by atoms with Crippen molar-refractivity contribution >= 4 is 11.9 Å². The molecule has 0 spiro atoms. The third-order valence-corrected chi connectivity index (χ3v) is 3.58. The topological polar surface area (TPSA) is 95.1 Å². The van der Waals surface area contributed by atoms with Crippen molar-refractivity contribution in [1.29, 1.82) is 0 Å². The lowest BCUT2D eigenvalue weighted by Crippen LogP contribution is -2.40. The molecule has 24 heavy (non-hydrogen) atoms. The summed E-state index contributed by atoms with van der Waals surface area (Å²) in [6.07, 6.45) is 1.94. The Labute approximate surface area is 142 Å². The Bertz CT molecular complexity index is 501. The first-order valence-electron chi connectivity index (χ1n) is 7.65. The fourth-order valence-corrected chi connectivity index (χ4v) is 2.37. The summed E-state index contributed by atoms with van der Waals surface area (Å²) in [4.78, 5) is 24.2. The molecule has 1 rings (SSSR count). The molecule has 0 heterocycles. The number of hydrogen-bond acceptors (Lipinski definition) is 8. The third kappa shape index (κ3) is 5.63. The Morgan fingerprint density at radius 2 is 1.67 bits per heavy atom. The molecular formula is C16H26N2O6. The quantitative estimate of drug-likeness (QED) is 0.415. The molecule has 1 aliphatic rings. The van der Waals surface area contributed by atoms with Gasteiger partial charge in [-0.25, -0.2) is 9.59 Å². The molecule has 0 aromatic heterocycles. The Hall–Kier alpha value is -1.90. The lowest BCUT2D eigenvalue weighted by molar-refractivity contribution is -0.138. The average molecular weight is 342 g/mol. The van der Waals surface area contributed by atoms with Crippen LogP contribution in [0.4, 0.5) is 0 Å². The fraction of sp³-hybridized carbons (Fsp3) is 0.625. The van der Waals surface area contributed by atoms with Gasteiger partial charge < -0.3 is 29.6 Å². The number of methoxy groups -OCH3 is 4. The number of nitrogens with one attached hydrogen (secondary N) is 2. The van der Waals surface area contributed by atoms with Crippen LogP contribution in [0.5, 0.6) is 0 Å². The van der Waals surface area contributed by atoms with E-state index in [1.54, 1.807) is 20.3 Å². The molecule has 0 aromatic carbocycles. The second-order valence-electron chi connectivity index (χ2n) is 5.10. The normalized spacial score (nSPS) is 17.3. The zero-order valence-corrected chi connectivity index (χ0v) is 14.6. The maximum atomic E-state index is 12.1.